The first-order valence-electron chi connectivity index (χ1n) is 15.6. The summed E-state index contributed by atoms with van der Waals surface area (Å²) in [7, 11) is 0. The maximum Gasteiger partial charge on any atom is 0.145 e. The molecule has 3 nitrogen and oxygen atoms in total. The van der Waals surface area contributed by atoms with Crippen molar-refractivity contribution in [2.24, 2.45) is 0 Å². The predicted molar refractivity (Wildman–Crippen MR) is 186 cm³/mol. The molecule has 0 radical (unpaired) electrons. The second-order valence-corrected chi connectivity index (χ2v) is 12.5. The first kappa shape index (κ1) is 25.8. The number of hydrogen-bond donors (Lipinski definition) is 0. The zero-order valence-electron chi connectivity index (χ0n) is 25.3. The Morgan fingerprint density at radius 1 is 0.511 bits per heavy atom. The van der Waals surface area contributed by atoms with Gasteiger partial charge in [0.25, 0.3) is 0 Å². The van der Waals surface area contributed by atoms with Gasteiger partial charge in [-0.15, -0.1) is 0 Å². The molecule has 8 aromatic rings. The van der Waals surface area contributed by atoms with Crippen LogP contribution in [0.15, 0.2) is 152 Å². The molecule has 3 heteroatoms. The highest BCUT2D eigenvalue weighted by molar-refractivity contribution is 6.01. The first-order chi connectivity index (χ1) is 22.1. The fourth-order valence-electron chi connectivity index (χ4n) is 7.45. The third kappa shape index (κ3) is 3.80. The van der Waals surface area contributed by atoms with E-state index in [9.17, 15) is 0 Å². The highest BCUT2D eigenvalue weighted by Gasteiger charge is 2.40. The molecule has 0 fully saturated rings. The lowest BCUT2D eigenvalue weighted by Gasteiger charge is -2.21. The van der Waals surface area contributed by atoms with Gasteiger partial charge in [0.2, 0.25) is 0 Å². The van der Waals surface area contributed by atoms with Crippen LogP contribution in [-0.2, 0) is 5.41 Å². The van der Waals surface area contributed by atoms with Crippen molar-refractivity contribution >= 4 is 21.9 Å². The van der Waals surface area contributed by atoms with E-state index in [2.05, 4.69) is 169 Å². The van der Waals surface area contributed by atoms with Gasteiger partial charge in [-0.3, -0.25) is 4.57 Å². The van der Waals surface area contributed by atoms with E-state index in [0.29, 0.717) is 0 Å². The van der Waals surface area contributed by atoms with E-state index in [4.69, 9.17) is 4.98 Å². The van der Waals surface area contributed by atoms with Crippen LogP contribution in [0, 0.1) is 0 Å². The number of nitrogens with zero attached hydrogens (tertiary/aromatic N) is 3. The van der Waals surface area contributed by atoms with Gasteiger partial charge in [0.05, 0.1) is 22.2 Å². The quantitative estimate of drug-likeness (QED) is 0.204. The topological polar surface area (TPSA) is 22.8 Å². The Kier molecular flexibility index (Phi) is 5.54. The molecule has 2 aromatic heterocycles. The number of imidazole rings is 1. The van der Waals surface area contributed by atoms with Gasteiger partial charge in [-0.2, -0.15) is 0 Å². The van der Waals surface area contributed by atoms with Gasteiger partial charge in [0.15, 0.2) is 0 Å². The summed E-state index contributed by atoms with van der Waals surface area (Å²) in [6, 6.07) is 54.4. The Bertz CT molecular complexity index is 2370. The Morgan fingerprint density at radius 2 is 1.13 bits per heavy atom. The van der Waals surface area contributed by atoms with Gasteiger partial charge in [-0.05, 0) is 70.8 Å². The van der Waals surface area contributed by atoms with Crippen LogP contribution < -0.4 is 0 Å². The molecule has 2 heterocycles. The van der Waals surface area contributed by atoms with Crippen LogP contribution in [0.25, 0.3) is 67.1 Å². The molecule has 0 spiro atoms. The summed E-state index contributed by atoms with van der Waals surface area (Å²) in [5, 5.41) is 1.31. The third-order valence-electron chi connectivity index (χ3n) is 9.51. The summed E-state index contributed by atoms with van der Waals surface area (Å²) >= 11 is 0. The van der Waals surface area contributed by atoms with Crippen LogP contribution in [0.3, 0.4) is 0 Å². The average molecular weight is 578 g/mol. The molecule has 9 rings (SSSR count). The Morgan fingerprint density at radius 3 is 1.89 bits per heavy atom. The lowest BCUT2D eigenvalue weighted by Crippen LogP contribution is -2.14. The second-order valence-electron chi connectivity index (χ2n) is 12.5. The maximum atomic E-state index is 5.05. The molecular formula is C42H31N3. The van der Waals surface area contributed by atoms with Crippen molar-refractivity contribution in [3.8, 4) is 45.1 Å². The van der Waals surface area contributed by atoms with Crippen LogP contribution in [0.1, 0.15) is 25.0 Å². The molecule has 0 aliphatic heterocycles. The van der Waals surface area contributed by atoms with Gasteiger partial charge in [-0.25, -0.2) is 4.98 Å². The van der Waals surface area contributed by atoms with E-state index in [-0.39, 0.29) is 5.41 Å². The molecule has 45 heavy (non-hydrogen) atoms. The lowest BCUT2D eigenvalue weighted by atomic mass is 9.81. The summed E-state index contributed by atoms with van der Waals surface area (Å²) in [6.07, 6.45) is 0. The van der Waals surface area contributed by atoms with Crippen LogP contribution in [0.2, 0.25) is 0 Å². The lowest BCUT2D eigenvalue weighted by molar-refractivity contribution is 0.666. The molecule has 0 saturated carbocycles. The molecule has 0 atom stereocenters. The number of rotatable bonds is 4. The fraction of sp³-hybridized carbons (Fsp3) is 0.0714. The normalized spacial score (nSPS) is 13.3. The van der Waals surface area contributed by atoms with Crippen LogP contribution >= 0.6 is 0 Å². The molecule has 214 valence electrons. The van der Waals surface area contributed by atoms with Gasteiger partial charge >= 0.3 is 0 Å². The Balaban J connectivity index is 1.26. The van der Waals surface area contributed by atoms with Crippen LogP contribution in [0.4, 0.5) is 0 Å². The van der Waals surface area contributed by atoms with Gasteiger partial charge in [0, 0.05) is 33.3 Å². The van der Waals surface area contributed by atoms with Gasteiger partial charge < -0.3 is 4.57 Å². The average Bonchev–Trinajstić information content (AvgIpc) is 3.72. The van der Waals surface area contributed by atoms with Crippen molar-refractivity contribution in [3.63, 3.8) is 0 Å². The Hall–Kier alpha value is -5.67. The van der Waals surface area contributed by atoms with Crippen molar-refractivity contribution in [1.29, 1.82) is 0 Å². The number of para-hydroxylation sites is 2. The zero-order chi connectivity index (χ0) is 30.1. The summed E-state index contributed by atoms with van der Waals surface area (Å²) in [5.74, 6) is 0.945. The summed E-state index contributed by atoms with van der Waals surface area (Å²) in [5.41, 5.74) is 14.4. The highest BCUT2D eigenvalue weighted by atomic mass is 15.1. The standard InChI is InChI=1S/C42H31N3/c1-42(2)35-18-10-9-17-33(35)40-39(42)34-27-30(28-13-5-3-6-14-28)21-26-37(34)44(40)31-22-24-32(25-23-31)45-38-20-12-11-19-36(38)43-41(45)29-15-7-4-8-16-29/h3-27H,1-2H3. The molecule has 0 unspecified atom stereocenters. The number of fused-ring (bicyclic) bond motifs is 6. The van der Waals surface area contributed by atoms with Crippen LogP contribution in [-0.4, -0.2) is 14.1 Å². The molecule has 0 saturated heterocycles. The van der Waals surface area contributed by atoms with Crippen molar-refractivity contribution < 1.29 is 0 Å². The SMILES string of the molecule is CC1(C)c2ccccc2-c2c1c1cc(-c3ccccc3)ccc1n2-c1ccc(-n2c(-c3ccccc3)nc3ccccc32)cc1. The first-order valence-corrected chi connectivity index (χ1v) is 15.6. The summed E-state index contributed by atoms with van der Waals surface area (Å²) in [4.78, 5) is 5.05. The van der Waals surface area contributed by atoms with Crippen molar-refractivity contribution in [1.82, 2.24) is 14.1 Å². The number of aromatic nitrogens is 3. The van der Waals surface area contributed by atoms with Crippen molar-refractivity contribution in [2.45, 2.75) is 19.3 Å². The predicted octanol–water partition coefficient (Wildman–Crippen LogP) is 10.6. The molecular weight excluding hydrogens is 546 g/mol. The van der Waals surface area contributed by atoms with Gasteiger partial charge in [-0.1, -0.05) is 117 Å². The minimum atomic E-state index is -0.120. The molecule has 0 bridgehead atoms. The van der Waals surface area contributed by atoms with E-state index in [1.165, 1.54) is 44.4 Å². The smallest absolute Gasteiger partial charge is 0.145 e. The minimum absolute atomic E-state index is 0.120. The van der Waals surface area contributed by atoms with Crippen LogP contribution in [0.5, 0.6) is 0 Å². The largest absolute Gasteiger partial charge is 0.309 e. The molecule has 0 amide bonds. The molecule has 1 aliphatic carbocycles. The minimum Gasteiger partial charge on any atom is -0.309 e. The number of hydrogen-bond acceptors (Lipinski definition) is 1. The molecule has 0 N–H and O–H groups in total. The third-order valence-corrected chi connectivity index (χ3v) is 9.51. The highest BCUT2D eigenvalue weighted by Crippen LogP contribution is 2.54. The van der Waals surface area contributed by atoms with E-state index in [1.54, 1.807) is 0 Å². The zero-order valence-corrected chi connectivity index (χ0v) is 25.3. The monoisotopic (exact) mass is 577 g/mol. The fourth-order valence-corrected chi connectivity index (χ4v) is 7.45. The summed E-state index contributed by atoms with van der Waals surface area (Å²) in [6.45, 7) is 4.74. The maximum absolute atomic E-state index is 5.05. The van der Waals surface area contributed by atoms with Gasteiger partial charge in [0.1, 0.15) is 5.82 Å². The van der Waals surface area contributed by atoms with Crippen molar-refractivity contribution in [3.05, 3.63) is 163 Å². The van der Waals surface area contributed by atoms with E-state index in [0.717, 1.165) is 33.8 Å². The molecule has 1 aliphatic rings. The number of benzene rings is 6. The van der Waals surface area contributed by atoms with Crippen molar-refractivity contribution in [2.75, 3.05) is 0 Å². The molecule has 6 aromatic carbocycles. The van der Waals surface area contributed by atoms with E-state index >= 15 is 0 Å². The second kappa shape index (κ2) is 9.67. The summed E-state index contributed by atoms with van der Waals surface area (Å²) < 4.78 is 4.75. The van der Waals surface area contributed by atoms with E-state index < -0.39 is 0 Å². The van der Waals surface area contributed by atoms with E-state index in [1.807, 2.05) is 6.07 Å². The Labute approximate surface area is 262 Å².